The fraction of sp³-hybridized carbons (Fsp3) is 0.312. The van der Waals surface area contributed by atoms with Crippen molar-refractivity contribution in [3.05, 3.63) is 53.5 Å². The van der Waals surface area contributed by atoms with Gasteiger partial charge in [0.05, 0.1) is 18.4 Å². The Bertz CT molecular complexity index is 593. The van der Waals surface area contributed by atoms with E-state index in [2.05, 4.69) is 20.6 Å². The lowest BCUT2D eigenvalue weighted by Gasteiger charge is -2.14. The molecule has 1 aromatic heterocycles. The SMILES string of the molecule is CCNc1cnc(C(=O)NC(C)c2ccc(C)cc2)cn1. The Morgan fingerprint density at radius 3 is 2.48 bits per heavy atom. The van der Waals surface area contributed by atoms with Crippen LogP contribution >= 0.6 is 0 Å². The molecule has 1 aromatic carbocycles. The van der Waals surface area contributed by atoms with Crippen LogP contribution in [0.2, 0.25) is 0 Å². The Morgan fingerprint density at radius 2 is 1.90 bits per heavy atom. The van der Waals surface area contributed by atoms with Gasteiger partial charge in [0.2, 0.25) is 0 Å². The number of nitrogens with one attached hydrogen (secondary N) is 2. The Balaban J connectivity index is 2.01. The summed E-state index contributed by atoms with van der Waals surface area (Å²) in [7, 11) is 0. The van der Waals surface area contributed by atoms with E-state index < -0.39 is 0 Å². The molecule has 2 rings (SSSR count). The summed E-state index contributed by atoms with van der Waals surface area (Å²) in [6, 6.07) is 8.01. The van der Waals surface area contributed by atoms with Crippen LogP contribution in [-0.4, -0.2) is 22.4 Å². The first-order valence-corrected chi connectivity index (χ1v) is 7.03. The second-order valence-corrected chi connectivity index (χ2v) is 4.92. The molecule has 0 radical (unpaired) electrons. The van der Waals surface area contributed by atoms with Gasteiger partial charge < -0.3 is 10.6 Å². The van der Waals surface area contributed by atoms with Crippen molar-refractivity contribution in [2.45, 2.75) is 26.8 Å². The molecule has 2 N–H and O–H groups in total. The van der Waals surface area contributed by atoms with Gasteiger partial charge in [0, 0.05) is 6.54 Å². The van der Waals surface area contributed by atoms with Crippen LogP contribution in [0.3, 0.4) is 0 Å². The van der Waals surface area contributed by atoms with E-state index in [1.165, 1.54) is 11.8 Å². The van der Waals surface area contributed by atoms with Gasteiger partial charge in [-0.25, -0.2) is 9.97 Å². The smallest absolute Gasteiger partial charge is 0.271 e. The van der Waals surface area contributed by atoms with Gasteiger partial charge in [0.25, 0.3) is 5.91 Å². The van der Waals surface area contributed by atoms with E-state index in [1.54, 1.807) is 6.20 Å². The van der Waals surface area contributed by atoms with Crippen LogP contribution in [0.25, 0.3) is 0 Å². The second-order valence-electron chi connectivity index (χ2n) is 4.92. The lowest BCUT2D eigenvalue weighted by atomic mass is 10.1. The summed E-state index contributed by atoms with van der Waals surface area (Å²) in [6.07, 6.45) is 3.05. The van der Waals surface area contributed by atoms with Crippen LogP contribution in [0.1, 0.15) is 41.5 Å². The molecule has 0 saturated heterocycles. The highest BCUT2D eigenvalue weighted by molar-refractivity contribution is 5.92. The minimum absolute atomic E-state index is 0.0756. The molecule has 0 spiro atoms. The maximum absolute atomic E-state index is 12.1. The molecular formula is C16H20N4O. The Hall–Kier alpha value is -2.43. The quantitative estimate of drug-likeness (QED) is 0.886. The molecule has 1 amide bonds. The third-order valence-corrected chi connectivity index (χ3v) is 3.17. The number of aromatic nitrogens is 2. The van der Waals surface area contributed by atoms with Gasteiger partial charge in [-0.2, -0.15) is 0 Å². The molecule has 0 aliphatic heterocycles. The summed E-state index contributed by atoms with van der Waals surface area (Å²) in [6.45, 7) is 6.73. The number of hydrogen-bond acceptors (Lipinski definition) is 4. The number of amides is 1. The second kappa shape index (κ2) is 6.83. The molecule has 110 valence electrons. The number of carbonyl (C=O) groups is 1. The molecule has 1 unspecified atom stereocenters. The molecule has 5 nitrogen and oxygen atoms in total. The fourth-order valence-corrected chi connectivity index (χ4v) is 1.93. The summed E-state index contributed by atoms with van der Waals surface area (Å²) in [5, 5.41) is 5.96. The molecule has 0 fully saturated rings. The molecule has 2 aromatic rings. The molecule has 0 saturated carbocycles. The summed E-state index contributed by atoms with van der Waals surface area (Å²) in [5.74, 6) is 0.444. The number of anilines is 1. The third-order valence-electron chi connectivity index (χ3n) is 3.17. The number of hydrogen-bond donors (Lipinski definition) is 2. The van der Waals surface area contributed by atoms with E-state index in [9.17, 15) is 4.79 Å². The van der Waals surface area contributed by atoms with Crippen molar-refractivity contribution in [3.63, 3.8) is 0 Å². The first-order valence-electron chi connectivity index (χ1n) is 7.03. The highest BCUT2D eigenvalue weighted by Gasteiger charge is 2.12. The molecule has 0 aliphatic rings. The van der Waals surface area contributed by atoms with Gasteiger partial charge in [0.15, 0.2) is 0 Å². The van der Waals surface area contributed by atoms with Gasteiger partial charge in [-0.1, -0.05) is 29.8 Å². The molecule has 1 heterocycles. The van der Waals surface area contributed by atoms with Crippen LogP contribution in [-0.2, 0) is 0 Å². The third kappa shape index (κ3) is 4.02. The van der Waals surface area contributed by atoms with Crippen molar-refractivity contribution in [2.75, 3.05) is 11.9 Å². The number of rotatable bonds is 5. The summed E-state index contributed by atoms with van der Waals surface area (Å²) < 4.78 is 0. The molecule has 21 heavy (non-hydrogen) atoms. The van der Waals surface area contributed by atoms with Gasteiger partial charge in [0.1, 0.15) is 11.5 Å². The van der Waals surface area contributed by atoms with Gasteiger partial charge in [-0.15, -0.1) is 0 Å². The number of nitrogens with zero attached hydrogens (tertiary/aromatic N) is 2. The predicted molar refractivity (Wildman–Crippen MR) is 83.3 cm³/mol. The average Bonchev–Trinajstić information content (AvgIpc) is 2.49. The highest BCUT2D eigenvalue weighted by Crippen LogP contribution is 2.13. The van der Waals surface area contributed by atoms with Gasteiger partial charge in [-0.3, -0.25) is 4.79 Å². The zero-order valence-electron chi connectivity index (χ0n) is 12.6. The number of carbonyl (C=O) groups excluding carboxylic acids is 1. The minimum Gasteiger partial charge on any atom is -0.369 e. The minimum atomic E-state index is -0.223. The fourth-order valence-electron chi connectivity index (χ4n) is 1.93. The van der Waals surface area contributed by atoms with Crippen LogP contribution < -0.4 is 10.6 Å². The standard InChI is InChI=1S/C16H20N4O/c1-4-17-15-10-18-14(9-19-15)16(21)20-12(3)13-7-5-11(2)6-8-13/h5-10,12H,4H2,1-3H3,(H,17,19)(H,20,21). The van der Waals surface area contributed by atoms with Gasteiger partial charge in [-0.05, 0) is 26.3 Å². The Kier molecular flexibility index (Phi) is 4.87. The van der Waals surface area contributed by atoms with Crippen LogP contribution in [0.15, 0.2) is 36.7 Å². The number of benzene rings is 1. The molecule has 0 bridgehead atoms. The van der Waals surface area contributed by atoms with E-state index in [4.69, 9.17) is 0 Å². The zero-order valence-corrected chi connectivity index (χ0v) is 12.6. The van der Waals surface area contributed by atoms with E-state index in [1.807, 2.05) is 45.0 Å². The first-order chi connectivity index (χ1) is 10.1. The molecule has 1 atom stereocenters. The maximum Gasteiger partial charge on any atom is 0.271 e. The van der Waals surface area contributed by atoms with Crippen LogP contribution in [0.4, 0.5) is 5.82 Å². The maximum atomic E-state index is 12.1. The van der Waals surface area contributed by atoms with Crippen molar-refractivity contribution < 1.29 is 4.79 Å². The summed E-state index contributed by atoms with van der Waals surface area (Å²) in [4.78, 5) is 20.4. The largest absolute Gasteiger partial charge is 0.369 e. The summed E-state index contributed by atoms with van der Waals surface area (Å²) >= 11 is 0. The zero-order chi connectivity index (χ0) is 15.2. The predicted octanol–water partition coefficient (Wildman–Crippen LogP) is 2.71. The van der Waals surface area contributed by atoms with Crippen molar-refractivity contribution in [2.24, 2.45) is 0 Å². The normalized spacial score (nSPS) is 11.8. The van der Waals surface area contributed by atoms with E-state index in [0.717, 1.165) is 12.1 Å². The lowest BCUT2D eigenvalue weighted by Crippen LogP contribution is -2.27. The monoisotopic (exact) mass is 284 g/mol. The van der Waals surface area contributed by atoms with Gasteiger partial charge >= 0.3 is 0 Å². The highest BCUT2D eigenvalue weighted by atomic mass is 16.1. The summed E-state index contributed by atoms with van der Waals surface area (Å²) in [5.41, 5.74) is 2.57. The molecule has 5 heteroatoms. The van der Waals surface area contributed by atoms with Crippen molar-refractivity contribution in [1.82, 2.24) is 15.3 Å². The topological polar surface area (TPSA) is 66.9 Å². The Morgan fingerprint density at radius 1 is 1.19 bits per heavy atom. The first kappa shape index (κ1) is 15.0. The van der Waals surface area contributed by atoms with Crippen LogP contribution in [0.5, 0.6) is 0 Å². The molecular weight excluding hydrogens is 264 g/mol. The van der Waals surface area contributed by atoms with Crippen molar-refractivity contribution in [1.29, 1.82) is 0 Å². The van der Waals surface area contributed by atoms with E-state index in [-0.39, 0.29) is 11.9 Å². The van der Waals surface area contributed by atoms with E-state index in [0.29, 0.717) is 11.5 Å². The average molecular weight is 284 g/mol. The van der Waals surface area contributed by atoms with Crippen molar-refractivity contribution in [3.8, 4) is 0 Å². The van der Waals surface area contributed by atoms with Crippen LogP contribution in [0, 0.1) is 6.92 Å². The van der Waals surface area contributed by atoms with Crippen molar-refractivity contribution >= 4 is 11.7 Å². The number of aryl methyl sites for hydroxylation is 1. The molecule has 0 aliphatic carbocycles. The Labute approximate surface area is 124 Å². The van der Waals surface area contributed by atoms with E-state index >= 15 is 0 Å². The lowest BCUT2D eigenvalue weighted by molar-refractivity contribution is 0.0934.